The fourth-order valence-corrected chi connectivity index (χ4v) is 2.06. The molecule has 2 rings (SSSR count). The number of aryl methyl sites for hydroxylation is 2. The lowest BCUT2D eigenvalue weighted by Gasteiger charge is -2.07. The Hall–Kier alpha value is -1.57. The van der Waals surface area contributed by atoms with Crippen LogP contribution in [-0.2, 0) is 6.42 Å². The molecule has 1 heterocycles. The van der Waals surface area contributed by atoms with Crippen molar-refractivity contribution in [2.75, 3.05) is 0 Å². The van der Waals surface area contributed by atoms with Crippen molar-refractivity contribution in [3.8, 4) is 0 Å². The number of aromatic nitrogens is 2. The molecule has 0 unspecified atom stereocenters. The highest BCUT2D eigenvalue weighted by molar-refractivity contribution is 5.35. The van der Waals surface area contributed by atoms with Crippen LogP contribution in [0, 0.1) is 13.8 Å². The molecule has 0 fully saturated rings. The van der Waals surface area contributed by atoms with E-state index in [1.807, 2.05) is 6.20 Å². The highest BCUT2D eigenvalue weighted by Gasteiger charge is 2.08. The van der Waals surface area contributed by atoms with Gasteiger partial charge in [0, 0.05) is 18.3 Å². The Morgan fingerprint density at radius 2 is 1.82 bits per heavy atom. The van der Waals surface area contributed by atoms with E-state index in [4.69, 9.17) is 0 Å². The van der Waals surface area contributed by atoms with E-state index in [1.54, 1.807) is 0 Å². The van der Waals surface area contributed by atoms with Crippen molar-refractivity contribution in [1.29, 1.82) is 0 Å². The molecule has 1 aromatic carbocycles. The number of rotatable bonds is 3. The van der Waals surface area contributed by atoms with Crippen LogP contribution >= 0.6 is 0 Å². The molecular weight excluding hydrogens is 208 g/mol. The normalized spacial score (nSPS) is 11.1. The molecule has 17 heavy (non-hydrogen) atoms. The first-order valence-corrected chi connectivity index (χ1v) is 6.16. The van der Waals surface area contributed by atoms with Gasteiger partial charge in [-0.05, 0) is 36.5 Å². The molecule has 2 heteroatoms. The van der Waals surface area contributed by atoms with Gasteiger partial charge in [-0.1, -0.05) is 32.0 Å². The molecule has 0 amide bonds. The predicted molar refractivity (Wildman–Crippen MR) is 71.4 cm³/mol. The zero-order valence-electron chi connectivity index (χ0n) is 11.0. The number of nitrogens with zero attached hydrogens (tertiary/aromatic N) is 1. The topological polar surface area (TPSA) is 28.7 Å². The molecule has 0 aliphatic heterocycles. The number of benzene rings is 1. The van der Waals surface area contributed by atoms with Crippen molar-refractivity contribution in [2.45, 2.75) is 40.0 Å². The molecule has 0 saturated heterocycles. The standard InChI is InChI=1S/C15H20N2/c1-10(2)14-9-16-15(17-14)8-13-11(3)6-5-7-12(13)4/h5-7,9-10H,8H2,1-4H3,(H,16,17). The van der Waals surface area contributed by atoms with Gasteiger partial charge in [0.25, 0.3) is 0 Å². The summed E-state index contributed by atoms with van der Waals surface area (Å²) in [6.07, 6.45) is 2.85. The molecule has 0 aliphatic rings. The van der Waals surface area contributed by atoms with Gasteiger partial charge in [-0.15, -0.1) is 0 Å². The number of aromatic amines is 1. The number of nitrogens with one attached hydrogen (secondary N) is 1. The summed E-state index contributed by atoms with van der Waals surface area (Å²) in [6.45, 7) is 8.68. The molecule has 2 aromatic rings. The Labute approximate surface area is 103 Å². The van der Waals surface area contributed by atoms with Crippen LogP contribution in [0.4, 0.5) is 0 Å². The van der Waals surface area contributed by atoms with Crippen molar-refractivity contribution in [3.05, 3.63) is 52.6 Å². The maximum Gasteiger partial charge on any atom is 0.110 e. The summed E-state index contributed by atoms with van der Waals surface area (Å²) in [5, 5.41) is 0. The highest BCUT2D eigenvalue weighted by Crippen LogP contribution is 2.18. The van der Waals surface area contributed by atoms with Crippen LogP contribution in [0.2, 0.25) is 0 Å². The summed E-state index contributed by atoms with van der Waals surface area (Å²) < 4.78 is 0. The van der Waals surface area contributed by atoms with E-state index in [0.29, 0.717) is 5.92 Å². The number of H-pyrrole nitrogens is 1. The lowest BCUT2D eigenvalue weighted by molar-refractivity contribution is 0.824. The highest BCUT2D eigenvalue weighted by atomic mass is 14.9. The van der Waals surface area contributed by atoms with Crippen molar-refractivity contribution in [2.24, 2.45) is 0 Å². The average molecular weight is 228 g/mol. The van der Waals surface area contributed by atoms with Crippen molar-refractivity contribution in [1.82, 2.24) is 9.97 Å². The van der Waals surface area contributed by atoms with E-state index in [0.717, 1.165) is 12.2 Å². The minimum atomic E-state index is 0.509. The maximum atomic E-state index is 4.46. The third kappa shape index (κ3) is 2.57. The first-order valence-electron chi connectivity index (χ1n) is 6.16. The first kappa shape index (κ1) is 11.9. The van der Waals surface area contributed by atoms with Gasteiger partial charge in [-0.25, -0.2) is 4.98 Å². The van der Waals surface area contributed by atoms with E-state index in [2.05, 4.69) is 55.9 Å². The molecule has 2 nitrogen and oxygen atoms in total. The number of hydrogen-bond donors (Lipinski definition) is 1. The Balaban J connectivity index is 2.25. The van der Waals surface area contributed by atoms with E-state index in [1.165, 1.54) is 22.4 Å². The molecular formula is C15H20N2. The molecule has 0 bridgehead atoms. The lowest BCUT2D eigenvalue weighted by Crippen LogP contribution is -1.97. The zero-order valence-corrected chi connectivity index (χ0v) is 11.0. The van der Waals surface area contributed by atoms with Gasteiger partial charge in [0.05, 0.1) is 0 Å². The van der Waals surface area contributed by atoms with Gasteiger partial charge in [0.1, 0.15) is 5.82 Å². The van der Waals surface area contributed by atoms with Crippen molar-refractivity contribution in [3.63, 3.8) is 0 Å². The molecule has 90 valence electrons. The summed E-state index contributed by atoms with van der Waals surface area (Å²) in [6, 6.07) is 6.43. The van der Waals surface area contributed by atoms with Gasteiger partial charge >= 0.3 is 0 Å². The van der Waals surface area contributed by atoms with Gasteiger partial charge in [0.15, 0.2) is 0 Å². The number of hydrogen-bond acceptors (Lipinski definition) is 1. The van der Waals surface area contributed by atoms with Crippen LogP contribution in [0.1, 0.15) is 48.0 Å². The summed E-state index contributed by atoms with van der Waals surface area (Å²) in [5.74, 6) is 1.57. The van der Waals surface area contributed by atoms with Gasteiger partial charge in [0.2, 0.25) is 0 Å². The van der Waals surface area contributed by atoms with Crippen LogP contribution in [0.3, 0.4) is 0 Å². The summed E-state index contributed by atoms with van der Waals surface area (Å²) in [4.78, 5) is 7.86. The second-order valence-corrected chi connectivity index (χ2v) is 4.99. The van der Waals surface area contributed by atoms with Gasteiger partial charge in [-0.2, -0.15) is 0 Å². The summed E-state index contributed by atoms with van der Waals surface area (Å²) >= 11 is 0. The molecule has 0 atom stereocenters. The molecule has 0 saturated carbocycles. The SMILES string of the molecule is Cc1cccc(C)c1Cc1ncc(C(C)C)[nH]1. The molecule has 0 aliphatic carbocycles. The Morgan fingerprint density at radius 1 is 1.18 bits per heavy atom. The second kappa shape index (κ2) is 4.74. The average Bonchev–Trinajstić information content (AvgIpc) is 2.72. The zero-order chi connectivity index (χ0) is 12.4. The quantitative estimate of drug-likeness (QED) is 0.851. The maximum absolute atomic E-state index is 4.46. The lowest BCUT2D eigenvalue weighted by atomic mass is 10.00. The van der Waals surface area contributed by atoms with Crippen molar-refractivity contribution >= 4 is 0 Å². The van der Waals surface area contributed by atoms with Crippen molar-refractivity contribution < 1.29 is 0 Å². The van der Waals surface area contributed by atoms with Crippen LogP contribution < -0.4 is 0 Å². The van der Waals surface area contributed by atoms with E-state index < -0.39 is 0 Å². The summed E-state index contributed by atoms with van der Waals surface area (Å²) in [5.41, 5.74) is 5.28. The third-order valence-electron chi connectivity index (χ3n) is 3.26. The number of imidazole rings is 1. The molecule has 0 spiro atoms. The minimum absolute atomic E-state index is 0.509. The predicted octanol–water partition coefficient (Wildman–Crippen LogP) is 3.74. The van der Waals surface area contributed by atoms with Crippen LogP contribution in [-0.4, -0.2) is 9.97 Å². The van der Waals surface area contributed by atoms with Crippen LogP contribution in [0.25, 0.3) is 0 Å². The van der Waals surface area contributed by atoms with E-state index >= 15 is 0 Å². The first-order chi connectivity index (χ1) is 8.08. The second-order valence-electron chi connectivity index (χ2n) is 4.99. The fraction of sp³-hybridized carbons (Fsp3) is 0.400. The Morgan fingerprint density at radius 3 is 2.35 bits per heavy atom. The van der Waals surface area contributed by atoms with E-state index in [9.17, 15) is 0 Å². The Bertz CT molecular complexity index is 489. The summed E-state index contributed by atoms with van der Waals surface area (Å²) in [7, 11) is 0. The molecule has 1 aromatic heterocycles. The van der Waals surface area contributed by atoms with Crippen LogP contribution in [0.5, 0.6) is 0 Å². The smallest absolute Gasteiger partial charge is 0.110 e. The molecule has 0 radical (unpaired) electrons. The van der Waals surface area contributed by atoms with E-state index in [-0.39, 0.29) is 0 Å². The van der Waals surface area contributed by atoms with Crippen LogP contribution in [0.15, 0.2) is 24.4 Å². The monoisotopic (exact) mass is 228 g/mol. The Kier molecular flexibility index (Phi) is 3.32. The largest absolute Gasteiger partial charge is 0.345 e. The third-order valence-corrected chi connectivity index (χ3v) is 3.26. The molecule has 1 N–H and O–H groups in total. The van der Waals surface area contributed by atoms with Gasteiger partial charge < -0.3 is 4.98 Å². The minimum Gasteiger partial charge on any atom is -0.345 e. The fourth-order valence-electron chi connectivity index (χ4n) is 2.06. The van der Waals surface area contributed by atoms with Gasteiger partial charge in [-0.3, -0.25) is 0 Å².